The number of esters is 5. The highest BCUT2D eigenvalue weighted by atomic mass is 32.2. The molecule has 75 heavy (non-hydrogen) atoms. The molecule has 2 aromatic carbocycles. The van der Waals surface area contributed by atoms with Gasteiger partial charge in [0.1, 0.15) is 47.7 Å². The highest BCUT2D eigenvalue weighted by Gasteiger charge is 2.78. The van der Waals surface area contributed by atoms with E-state index in [1.807, 2.05) is 0 Å². The number of amides is 2. The molecule has 1 aliphatic heterocycles. The summed E-state index contributed by atoms with van der Waals surface area (Å²) in [5.74, 6) is -9.01. The third-order valence-corrected chi connectivity index (χ3v) is 14.0. The highest BCUT2D eigenvalue weighted by molar-refractivity contribution is 7.84. The van der Waals surface area contributed by atoms with Crippen LogP contribution in [0.1, 0.15) is 96.6 Å². The van der Waals surface area contributed by atoms with E-state index < -0.39 is 159 Å². The van der Waals surface area contributed by atoms with Crippen molar-refractivity contribution in [3.63, 3.8) is 0 Å². The van der Waals surface area contributed by atoms with Crippen molar-refractivity contribution in [3.05, 3.63) is 82.9 Å². The van der Waals surface area contributed by atoms with Gasteiger partial charge in [0, 0.05) is 31.4 Å². The number of hydrogen-bond acceptors (Lipinski definition) is 22. The number of aliphatic hydroxyl groups excluding tert-OH is 2. The van der Waals surface area contributed by atoms with Gasteiger partial charge in [-0.05, 0) is 63.5 Å². The zero-order chi connectivity index (χ0) is 56.4. The molecule has 412 valence electrons. The quantitative estimate of drug-likeness (QED) is 0.0627. The molecule has 4 aliphatic rings. The van der Waals surface area contributed by atoms with E-state index in [0.29, 0.717) is 6.26 Å². The average molecular weight is 1080 g/mol. The van der Waals surface area contributed by atoms with Gasteiger partial charge in [0.15, 0.2) is 18.0 Å². The van der Waals surface area contributed by atoms with Gasteiger partial charge in [-0.15, -0.1) is 0 Å². The molecule has 0 aromatic heterocycles. The maximum absolute atomic E-state index is 15.2. The number of ether oxygens (including phenoxy) is 7. The fourth-order valence-corrected chi connectivity index (χ4v) is 10.3. The van der Waals surface area contributed by atoms with E-state index in [9.17, 15) is 48.9 Å². The Morgan fingerprint density at radius 3 is 2.05 bits per heavy atom. The zero-order valence-electron chi connectivity index (χ0n) is 42.9. The Morgan fingerprint density at radius 2 is 1.53 bits per heavy atom. The largest absolute Gasteiger partial charge is 0.748 e. The molecule has 2 bridgehead atoms. The number of benzene rings is 2. The topological polar surface area (TPSA) is 385 Å². The first kappa shape index (κ1) is 59.7. The van der Waals surface area contributed by atoms with E-state index in [2.05, 4.69) is 11.1 Å². The molecular weight excluding hydrogens is 1010 g/mol. The fraction of sp³-hybridized carbons (Fsp3) is 0.560. The van der Waals surface area contributed by atoms with Gasteiger partial charge in [0.25, 0.3) is 0 Å². The number of alkyl carbamates (subject to hydrolysis) is 1. The number of rotatable bonds is 14. The minimum absolute atomic E-state index is 0.0163. The first-order valence-corrected chi connectivity index (χ1v) is 25.4. The Morgan fingerprint density at radius 1 is 0.960 bits per heavy atom. The Hall–Kier alpha value is -6.19. The third-order valence-electron chi connectivity index (χ3n) is 14.0. The van der Waals surface area contributed by atoms with Crippen molar-refractivity contribution < 1.29 is 106 Å². The standard InChI is InChI=1S/C49H61N3O18.CH4O3S/c1-24-29(66-43(61)37(67-33(56)22-64-32(55)19-28(50)41(51)59)35(26-15-11-9-12-16-26)52-44(62)70-45(3,4)5)21-49(63)40(68-42(60)27-17-13-10-14-18-27)38-47(8,39(58)36(57)34(24)46(49,6)7)30(54)20-31-48(38,23-65-31)69-25(2)53;1-5(2,3)4/h9-18,28-31,35-38,40,54,57,63H,19-23,50H2,1-8H3,(H2,51,59)(H,52,62);1H3,(H,2,3,4)/t28-,29-,30-,31+,35-,36+,37+,38-,40-,47+,48-,49+;/m0./s1. The summed E-state index contributed by atoms with van der Waals surface area (Å²) in [6.07, 6.45) is -12.6. The number of nitrogens with one attached hydrogen (secondary N) is 1. The fourth-order valence-electron chi connectivity index (χ4n) is 10.3. The Bertz CT molecular complexity index is 2670. The first-order valence-electron chi connectivity index (χ1n) is 23.6. The van der Waals surface area contributed by atoms with E-state index in [0.717, 1.165) is 6.92 Å². The van der Waals surface area contributed by atoms with Gasteiger partial charge in [0.05, 0.1) is 46.1 Å². The lowest BCUT2D eigenvalue weighted by molar-refractivity contribution is -0.346. The number of hydrogen-bond donors (Lipinski definition) is 6. The van der Waals surface area contributed by atoms with Crippen LogP contribution in [0.25, 0.3) is 0 Å². The smallest absolute Gasteiger partial charge is 0.408 e. The number of ketones is 1. The number of carbonyl (C=O) groups excluding carboxylic acids is 8. The SMILES string of the molecule is CC(=O)O[C@@]12CO[C@@H]1C[C@H](O)[C@@]1(C)C(=O)[C@H](O)C3=C(C)[C@@H](OC(=O)[C@H](OC(=O)COC(=O)C[C@H](N)C([NH3+])=O)[C@@H](NC(=O)OC(C)(C)C)c4ccccc4)C[C@@](O)([C@@H](OC(=O)c4ccccc4)[C@H]21)C3(C)C.CS(=O)(=O)[O-]. The highest BCUT2D eigenvalue weighted by Crippen LogP contribution is 2.64. The second kappa shape index (κ2) is 22.6. The Balaban J connectivity index is 0.00000198. The predicted molar refractivity (Wildman–Crippen MR) is 255 cm³/mol. The number of Topliss-reactive ketones (excluding diaryl/α,β-unsaturated/α-hetero) is 1. The molecule has 12 atom stereocenters. The van der Waals surface area contributed by atoms with Crippen LogP contribution in [0.2, 0.25) is 0 Å². The zero-order valence-corrected chi connectivity index (χ0v) is 43.7. The van der Waals surface area contributed by atoms with Crippen LogP contribution in [0.5, 0.6) is 0 Å². The first-order chi connectivity index (χ1) is 34.6. The molecule has 2 amide bonds. The monoisotopic (exact) mass is 1080 g/mol. The van der Waals surface area contributed by atoms with Gasteiger partial charge in [-0.1, -0.05) is 62.4 Å². The molecule has 24 nitrogen and oxygen atoms in total. The van der Waals surface area contributed by atoms with Crippen molar-refractivity contribution in [1.29, 1.82) is 0 Å². The third kappa shape index (κ3) is 12.9. The summed E-state index contributed by atoms with van der Waals surface area (Å²) in [5.41, 5.74) is -0.422. The summed E-state index contributed by atoms with van der Waals surface area (Å²) in [4.78, 5) is 109. The van der Waals surface area contributed by atoms with E-state index in [1.54, 1.807) is 57.2 Å². The predicted octanol–water partition coefficient (Wildman–Crippen LogP) is 0.00100. The molecule has 1 heterocycles. The maximum Gasteiger partial charge on any atom is 0.408 e. The van der Waals surface area contributed by atoms with Crippen LogP contribution < -0.4 is 16.8 Å². The number of carbonyl (C=O) groups is 8. The van der Waals surface area contributed by atoms with Crippen molar-refractivity contribution in [2.75, 3.05) is 19.5 Å². The second-order valence-corrected chi connectivity index (χ2v) is 22.1. The summed E-state index contributed by atoms with van der Waals surface area (Å²) in [6.45, 7) is 10.1. The van der Waals surface area contributed by atoms with E-state index in [1.165, 1.54) is 52.0 Å². The lowest BCUT2D eigenvalue weighted by Crippen LogP contribution is -2.81. The molecule has 25 heteroatoms. The van der Waals surface area contributed by atoms with E-state index >= 15 is 4.79 Å². The molecule has 3 aliphatic carbocycles. The van der Waals surface area contributed by atoms with Crippen LogP contribution in [0.15, 0.2) is 71.8 Å². The molecule has 6 rings (SSSR count). The summed E-state index contributed by atoms with van der Waals surface area (Å²) < 4.78 is 67.8. The number of aliphatic hydroxyl groups is 3. The average Bonchev–Trinajstić information content (AvgIpc) is 3.29. The van der Waals surface area contributed by atoms with Gasteiger partial charge in [0.2, 0.25) is 6.10 Å². The van der Waals surface area contributed by atoms with E-state index in [4.69, 9.17) is 51.9 Å². The Kier molecular flexibility index (Phi) is 18.0. The van der Waals surface area contributed by atoms with Gasteiger partial charge in [-0.3, -0.25) is 20.1 Å². The number of quaternary nitrogens is 1. The van der Waals surface area contributed by atoms with Crippen LogP contribution in [-0.4, -0.2) is 155 Å². The molecule has 1 saturated heterocycles. The van der Waals surface area contributed by atoms with E-state index in [-0.39, 0.29) is 35.3 Å². The van der Waals surface area contributed by atoms with Crippen molar-refractivity contribution >= 4 is 57.7 Å². The van der Waals surface area contributed by atoms with Gasteiger partial charge < -0.3 is 64.1 Å². The van der Waals surface area contributed by atoms with Gasteiger partial charge >= 0.3 is 41.8 Å². The van der Waals surface area contributed by atoms with Crippen molar-refractivity contribution in [2.45, 2.75) is 140 Å². The lowest BCUT2D eigenvalue weighted by Gasteiger charge is -2.67. The van der Waals surface area contributed by atoms with Gasteiger partial charge in [-0.2, -0.15) is 0 Å². The molecule has 2 aromatic rings. The Labute approximate surface area is 432 Å². The van der Waals surface area contributed by atoms with Crippen molar-refractivity contribution in [2.24, 2.45) is 22.5 Å². The van der Waals surface area contributed by atoms with Crippen LogP contribution >= 0.6 is 0 Å². The van der Waals surface area contributed by atoms with Crippen LogP contribution in [-0.2, 0) is 72.0 Å². The summed E-state index contributed by atoms with van der Waals surface area (Å²) in [6, 6.07) is 12.5. The molecule has 9 N–H and O–H groups in total. The number of nitrogens with two attached hydrogens (primary N) is 1. The summed E-state index contributed by atoms with van der Waals surface area (Å²) >= 11 is 0. The minimum atomic E-state index is -3.92. The molecule has 0 spiro atoms. The van der Waals surface area contributed by atoms with Crippen molar-refractivity contribution in [1.82, 2.24) is 5.32 Å². The molecule has 0 radical (unpaired) electrons. The minimum Gasteiger partial charge on any atom is -0.748 e. The molecular formula is C50H65N3O21S. The lowest BCUT2D eigenvalue weighted by atomic mass is 9.44. The van der Waals surface area contributed by atoms with Crippen LogP contribution in [0.3, 0.4) is 0 Å². The normalized spacial score (nSPS) is 28.9. The van der Waals surface area contributed by atoms with Gasteiger partial charge in [-0.25, -0.2) is 32.4 Å². The second-order valence-electron chi connectivity index (χ2n) is 20.7. The van der Waals surface area contributed by atoms with Crippen LogP contribution in [0, 0.1) is 16.7 Å². The maximum atomic E-state index is 15.2. The van der Waals surface area contributed by atoms with Crippen molar-refractivity contribution in [3.8, 4) is 0 Å². The molecule has 2 saturated carbocycles. The van der Waals surface area contributed by atoms with Crippen LogP contribution in [0.4, 0.5) is 4.79 Å². The molecule has 0 unspecified atom stereocenters. The summed E-state index contributed by atoms with van der Waals surface area (Å²) in [5, 5.41) is 40.6. The molecule has 3 fully saturated rings. The number of fused-ring (bicyclic) bond motifs is 5. The summed E-state index contributed by atoms with van der Waals surface area (Å²) in [7, 11) is -3.92.